The zero-order chi connectivity index (χ0) is 23.4. The third-order valence-electron chi connectivity index (χ3n) is 5.44. The van der Waals surface area contributed by atoms with Crippen LogP contribution in [0.15, 0.2) is 78.5 Å². The summed E-state index contributed by atoms with van der Waals surface area (Å²) in [5, 5.41) is 3.17. The fourth-order valence-electron chi connectivity index (χ4n) is 3.68. The van der Waals surface area contributed by atoms with Gasteiger partial charge in [-0.2, -0.15) is 0 Å². The summed E-state index contributed by atoms with van der Waals surface area (Å²) in [7, 11) is 1.59. The number of anilines is 1. The van der Waals surface area contributed by atoms with E-state index in [9.17, 15) is 9.59 Å². The Kier molecular flexibility index (Phi) is 6.45. The summed E-state index contributed by atoms with van der Waals surface area (Å²) in [5.41, 5.74) is 3.94. The lowest BCUT2D eigenvalue weighted by atomic mass is 10.0. The number of hydrogen-bond donors (Lipinski definition) is 1. The molecule has 2 amide bonds. The number of nitrogens with one attached hydrogen (secondary N) is 1. The molecule has 1 aliphatic rings. The molecule has 0 unspecified atom stereocenters. The van der Waals surface area contributed by atoms with Gasteiger partial charge < -0.3 is 14.8 Å². The Hall–Kier alpha value is -4.06. The number of nitrogens with zero attached hydrogens (tertiary/aromatic N) is 1. The Balaban J connectivity index is 1.70. The van der Waals surface area contributed by atoms with Crippen molar-refractivity contribution >= 4 is 23.1 Å². The van der Waals surface area contributed by atoms with Crippen LogP contribution in [0.2, 0.25) is 0 Å². The number of carbonyl (C=O) groups is 2. The van der Waals surface area contributed by atoms with Crippen molar-refractivity contribution in [3.63, 3.8) is 0 Å². The minimum absolute atomic E-state index is 0.201. The van der Waals surface area contributed by atoms with E-state index in [1.165, 1.54) is 4.90 Å². The van der Waals surface area contributed by atoms with E-state index < -0.39 is 0 Å². The average molecular weight is 443 g/mol. The van der Waals surface area contributed by atoms with Gasteiger partial charge in [0.2, 0.25) is 0 Å². The maximum Gasteiger partial charge on any atom is 0.278 e. The van der Waals surface area contributed by atoms with Gasteiger partial charge in [0.15, 0.2) is 0 Å². The van der Waals surface area contributed by atoms with Crippen LogP contribution < -0.4 is 14.8 Å². The van der Waals surface area contributed by atoms with Gasteiger partial charge in [-0.15, -0.1) is 0 Å². The highest BCUT2D eigenvalue weighted by Crippen LogP contribution is 2.32. The average Bonchev–Trinajstić information content (AvgIpc) is 3.06. The first kappa shape index (κ1) is 22.1. The zero-order valence-electron chi connectivity index (χ0n) is 18.9. The largest absolute Gasteiger partial charge is 0.497 e. The second-order valence-corrected chi connectivity index (χ2v) is 7.74. The smallest absolute Gasteiger partial charge is 0.278 e. The van der Waals surface area contributed by atoms with Crippen LogP contribution in [0.3, 0.4) is 0 Å². The van der Waals surface area contributed by atoms with Crippen LogP contribution in [0, 0.1) is 6.92 Å². The SMILES string of the molecule is CCOc1ccc(C2=C(Nc3ccc(OC)cc3)C(=O)N(Cc3ccc(C)cc3)C2=O)cc1. The van der Waals surface area contributed by atoms with E-state index in [2.05, 4.69) is 5.32 Å². The Morgan fingerprint density at radius 2 is 1.45 bits per heavy atom. The van der Waals surface area contributed by atoms with E-state index >= 15 is 0 Å². The van der Waals surface area contributed by atoms with Gasteiger partial charge in [-0.25, -0.2) is 0 Å². The van der Waals surface area contributed by atoms with Gasteiger partial charge >= 0.3 is 0 Å². The molecule has 1 heterocycles. The van der Waals surface area contributed by atoms with Crippen molar-refractivity contribution in [2.75, 3.05) is 19.0 Å². The molecular weight excluding hydrogens is 416 g/mol. The highest BCUT2D eigenvalue weighted by Gasteiger charge is 2.39. The predicted molar refractivity (Wildman–Crippen MR) is 128 cm³/mol. The van der Waals surface area contributed by atoms with Gasteiger partial charge in [0, 0.05) is 5.69 Å². The van der Waals surface area contributed by atoms with Crippen LogP contribution in [-0.4, -0.2) is 30.4 Å². The molecule has 0 saturated carbocycles. The van der Waals surface area contributed by atoms with Crippen LogP contribution in [0.25, 0.3) is 5.57 Å². The normalized spacial score (nSPS) is 13.5. The van der Waals surface area contributed by atoms with Crippen molar-refractivity contribution in [1.82, 2.24) is 4.90 Å². The third kappa shape index (κ3) is 4.75. The molecule has 0 bridgehead atoms. The molecule has 0 saturated heterocycles. The lowest BCUT2D eigenvalue weighted by Gasteiger charge is -2.15. The summed E-state index contributed by atoms with van der Waals surface area (Å²) in [6, 6.07) is 22.2. The van der Waals surface area contributed by atoms with Crippen molar-refractivity contribution in [3.8, 4) is 11.5 Å². The molecule has 168 valence electrons. The molecule has 0 aliphatic carbocycles. The Labute approximate surface area is 193 Å². The van der Waals surface area contributed by atoms with Crippen molar-refractivity contribution in [1.29, 1.82) is 0 Å². The first-order valence-corrected chi connectivity index (χ1v) is 10.8. The summed E-state index contributed by atoms with van der Waals surface area (Å²) in [6.07, 6.45) is 0. The number of carbonyl (C=O) groups excluding carboxylic acids is 2. The maximum atomic E-state index is 13.5. The second-order valence-electron chi connectivity index (χ2n) is 7.74. The quantitative estimate of drug-likeness (QED) is 0.508. The number of methoxy groups -OCH3 is 1. The van der Waals surface area contributed by atoms with Crippen molar-refractivity contribution in [3.05, 3.63) is 95.2 Å². The summed E-state index contributed by atoms with van der Waals surface area (Å²) in [6.45, 7) is 4.66. The number of rotatable bonds is 8. The molecule has 0 atom stereocenters. The lowest BCUT2D eigenvalue weighted by Crippen LogP contribution is -2.32. The molecule has 0 aromatic heterocycles. The van der Waals surface area contributed by atoms with Crippen LogP contribution >= 0.6 is 0 Å². The monoisotopic (exact) mass is 442 g/mol. The highest BCUT2D eigenvalue weighted by atomic mass is 16.5. The van der Waals surface area contributed by atoms with Crippen LogP contribution in [0.5, 0.6) is 11.5 Å². The molecule has 0 spiro atoms. The molecule has 0 radical (unpaired) electrons. The maximum absolute atomic E-state index is 13.5. The first-order chi connectivity index (χ1) is 16.0. The van der Waals surface area contributed by atoms with E-state index in [0.717, 1.165) is 11.1 Å². The number of hydrogen-bond acceptors (Lipinski definition) is 5. The van der Waals surface area contributed by atoms with E-state index in [-0.39, 0.29) is 24.1 Å². The molecule has 3 aromatic rings. The number of imide groups is 1. The molecule has 1 N–H and O–H groups in total. The number of aryl methyl sites for hydroxylation is 1. The number of benzene rings is 3. The van der Waals surface area contributed by atoms with Gasteiger partial charge in [-0.3, -0.25) is 14.5 Å². The molecule has 1 aliphatic heterocycles. The molecule has 4 rings (SSSR count). The fourth-order valence-corrected chi connectivity index (χ4v) is 3.68. The van der Waals surface area contributed by atoms with E-state index in [4.69, 9.17) is 9.47 Å². The number of amides is 2. The Morgan fingerprint density at radius 1 is 0.818 bits per heavy atom. The highest BCUT2D eigenvalue weighted by molar-refractivity contribution is 6.36. The number of ether oxygens (including phenoxy) is 2. The summed E-state index contributed by atoms with van der Waals surface area (Å²) < 4.78 is 10.7. The van der Waals surface area contributed by atoms with Gasteiger partial charge in [0.1, 0.15) is 17.2 Å². The van der Waals surface area contributed by atoms with Crippen molar-refractivity contribution in [2.24, 2.45) is 0 Å². The molecule has 33 heavy (non-hydrogen) atoms. The summed E-state index contributed by atoms with van der Waals surface area (Å²) in [5.74, 6) is 0.719. The molecule has 6 nitrogen and oxygen atoms in total. The Morgan fingerprint density at radius 3 is 2.06 bits per heavy atom. The molecule has 3 aromatic carbocycles. The minimum Gasteiger partial charge on any atom is -0.497 e. The van der Waals surface area contributed by atoms with E-state index in [1.54, 1.807) is 43.5 Å². The molecular formula is C27H26N2O4. The summed E-state index contributed by atoms with van der Waals surface area (Å²) >= 11 is 0. The minimum atomic E-state index is -0.361. The predicted octanol–water partition coefficient (Wildman–Crippen LogP) is 4.79. The fraction of sp³-hybridized carbons (Fsp3) is 0.185. The van der Waals surface area contributed by atoms with Crippen molar-refractivity contribution < 1.29 is 19.1 Å². The lowest BCUT2D eigenvalue weighted by molar-refractivity contribution is -0.137. The van der Waals surface area contributed by atoms with Crippen molar-refractivity contribution in [2.45, 2.75) is 20.4 Å². The van der Waals surface area contributed by atoms with Crippen LogP contribution in [-0.2, 0) is 16.1 Å². The molecule has 0 fully saturated rings. The second kappa shape index (κ2) is 9.61. The standard InChI is InChI=1S/C27H26N2O4/c1-4-33-23-13-9-20(10-14-23)24-25(28-21-11-15-22(32-3)16-12-21)27(31)29(26(24)30)17-19-7-5-18(2)6-8-19/h5-16,28H,4,17H2,1-3H3. The topological polar surface area (TPSA) is 67.9 Å². The van der Waals surface area contributed by atoms with Gasteiger partial charge in [-0.1, -0.05) is 42.0 Å². The van der Waals surface area contributed by atoms with Crippen LogP contribution in [0.4, 0.5) is 5.69 Å². The first-order valence-electron chi connectivity index (χ1n) is 10.8. The van der Waals surface area contributed by atoms with E-state index in [0.29, 0.717) is 34.9 Å². The van der Waals surface area contributed by atoms with Gasteiger partial charge in [0.05, 0.1) is 25.8 Å². The Bertz CT molecular complexity index is 1180. The van der Waals surface area contributed by atoms with E-state index in [1.807, 2.05) is 50.2 Å². The van der Waals surface area contributed by atoms with Crippen LogP contribution in [0.1, 0.15) is 23.6 Å². The summed E-state index contributed by atoms with van der Waals surface area (Å²) in [4.78, 5) is 28.1. The zero-order valence-corrected chi connectivity index (χ0v) is 18.9. The van der Waals surface area contributed by atoms with Gasteiger partial charge in [-0.05, 0) is 61.4 Å². The third-order valence-corrected chi connectivity index (χ3v) is 5.44. The van der Waals surface area contributed by atoms with Gasteiger partial charge in [0.25, 0.3) is 11.8 Å². The molecule has 6 heteroatoms.